The van der Waals surface area contributed by atoms with Gasteiger partial charge in [-0.15, -0.1) is 0 Å². The molecule has 0 amide bonds. The predicted octanol–water partition coefficient (Wildman–Crippen LogP) is 6.89. The summed E-state index contributed by atoms with van der Waals surface area (Å²) in [5, 5.41) is 5.71. The summed E-state index contributed by atoms with van der Waals surface area (Å²) in [5.74, 6) is 0.706. The van der Waals surface area contributed by atoms with Gasteiger partial charge in [0, 0.05) is 23.6 Å². The van der Waals surface area contributed by atoms with Gasteiger partial charge in [0.2, 0.25) is 5.95 Å². The average molecular weight is 430 g/mol. The Kier molecular flexibility index (Phi) is 6.99. The molecule has 5 nitrogen and oxygen atoms in total. The number of aromatic nitrogens is 2. The summed E-state index contributed by atoms with van der Waals surface area (Å²) < 4.78 is 45.9. The van der Waals surface area contributed by atoms with Gasteiger partial charge in [0.15, 0.2) is 0 Å². The fraction of sp³-hybridized carbons (Fsp3) is 0.304. The van der Waals surface area contributed by atoms with E-state index in [1.807, 2.05) is 31.2 Å². The smallest absolute Gasteiger partial charge is 0.421 e. The minimum absolute atomic E-state index is 0.0627. The average Bonchev–Trinajstić information content (AvgIpc) is 2.73. The molecule has 1 atom stereocenters. The molecule has 1 unspecified atom stereocenters. The first-order valence-corrected chi connectivity index (χ1v) is 10.1. The fourth-order valence-electron chi connectivity index (χ4n) is 2.97. The first-order chi connectivity index (χ1) is 14.8. The Labute approximate surface area is 179 Å². The SMILES string of the molecule is CCOc1cccc(Nc2nc(Nc3ccc(C(C)CC)cc3)ncc2C(F)(F)F)c1. The number of nitrogens with zero attached hydrogens (tertiary/aromatic N) is 2. The molecule has 164 valence electrons. The summed E-state index contributed by atoms with van der Waals surface area (Å²) in [5.41, 5.74) is 1.36. The Bertz CT molecular complexity index is 1010. The van der Waals surface area contributed by atoms with Crippen LogP contribution in [0, 0.1) is 0 Å². The van der Waals surface area contributed by atoms with Crippen molar-refractivity contribution in [3.63, 3.8) is 0 Å². The number of benzene rings is 2. The van der Waals surface area contributed by atoms with Gasteiger partial charge in [0.25, 0.3) is 0 Å². The Morgan fingerprint density at radius 3 is 2.39 bits per heavy atom. The molecule has 3 aromatic rings. The third-order valence-electron chi connectivity index (χ3n) is 4.85. The van der Waals surface area contributed by atoms with Crippen molar-refractivity contribution in [2.24, 2.45) is 0 Å². The molecule has 2 aromatic carbocycles. The van der Waals surface area contributed by atoms with Crippen molar-refractivity contribution >= 4 is 23.1 Å². The largest absolute Gasteiger partial charge is 0.494 e. The minimum Gasteiger partial charge on any atom is -0.494 e. The summed E-state index contributed by atoms with van der Waals surface area (Å²) in [7, 11) is 0. The molecule has 0 aliphatic carbocycles. The lowest BCUT2D eigenvalue weighted by molar-refractivity contribution is -0.137. The molecule has 31 heavy (non-hydrogen) atoms. The first kappa shape index (κ1) is 22.4. The number of nitrogens with one attached hydrogen (secondary N) is 2. The molecule has 2 N–H and O–H groups in total. The standard InChI is InChI=1S/C23H25F3N4O/c1-4-15(3)16-9-11-17(12-10-16)29-22-27-14-20(23(24,25)26)21(30-22)28-18-7-6-8-19(13-18)31-5-2/h6-15H,4-5H2,1-3H3,(H2,27,28,29,30). The second-order valence-corrected chi connectivity index (χ2v) is 7.10. The molecule has 1 aromatic heterocycles. The Hall–Kier alpha value is -3.29. The number of hydrogen-bond acceptors (Lipinski definition) is 5. The van der Waals surface area contributed by atoms with Crippen LogP contribution in [0.5, 0.6) is 5.75 Å². The zero-order valence-corrected chi connectivity index (χ0v) is 17.6. The lowest BCUT2D eigenvalue weighted by atomic mass is 9.99. The molecule has 0 saturated heterocycles. The molecule has 3 rings (SSSR count). The van der Waals surface area contributed by atoms with Gasteiger partial charge in [-0.2, -0.15) is 18.2 Å². The predicted molar refractivity (Wildman–Crippen MR) is 116 cm³/mol. The molecule has 0 aliphatic rings. The monoisotopic (exact) mass is 430 g/mol. The highest BCUT2D eigenvalue weighted by Gasteiger charge is 2.35. The highest BCUT2D eigenvalue weighted by molar-refractivity contribution is 5.64. The molecular formula is C23H25F3N4O. The topological polar surface area (TPSA) is 59.1 Å². The molecule has 0 saturated carbocycles. The van der Waals surface area contributed by atoms with Gasteiger partial charge in [-0.25, -0.2) is 4.98 Å². The second kappa shape index (κ2) is 9.68. The van der Waals surface area contributed by atoms with E-state index in [0.29, 0.717) is 29.6 Å². The van der Waals surface area contributed by atoms with E-state index in [-0.39, 0.29) is 11.8 Å². The van der Waals surface area contributed by atoms with Crippen molar-refractivity contribution in [2.45, 2.75) is 39.3 Å². The molecule has 0 bridgehead atoms. The number of alkyl halides is 3. The molecular weight excluding hydrogens is 405 g/mol. The van der Waals surface area contributed by atoms with Gasteiger partial charge in [-0.3, -0.25) is 0 Å². The molecule has 0 fully saturated rings. The van der Waals surface area contributed by atoms with E-state index < -0.39 is 11.7 Å². The molecule has 0 radical (unpaired) electrons. The van der Waals surface area contributed by atoms with Crippen LogP contribution in [-0.2, 0) is 6.18 Å². The van der Waals surface area contributed by atoms with Crippen LogP contribution >= 0.6 is 0 Å². The van der Waals surface area contributed by atoms with Crippen molar-refractivity contribution in [3.8, 4) is 5.75 Å². The molecule has 1 heterocycles. The van der Waals surface area contributed by atoms with Crippen LogP contribution in [0.15, 0.2) is 54.7 Å². The van der Waals surface area contributed by atoms with Gasteiger partial charge in [0.05, 0.1) is 6.61 Å². The summed E-state index contributed by atoms with van der Waals surface area (Å²) in [6.45, 7) is 6.54. The fourth-order valence-corrected chi connectivity index (χ4v) is 2.97. The zero-order chi connectivity index (χ0) is 22.4. The molecule has 8 heteroatoms. The lowest BCUT2D eigenvalue weighted by Gasteiger charge is -2.16. The van der Waals surface area contributed by atoms with E-state index in [0.717, 1.165) is 12.6 Å². The van der Waals surface area contributed by atoms with E-state index >= 15 is 0 Å². The van der Waals surface area contributed by atoms with Gasteiger partial charge in [-0.1, -0.05) is 32.0 Å². The van der Waals surface area contributed by atoms with Crippen LogP contribution < -0.4 is 15.4 Å². The lowest BCUT2D eigenvalue weighted by Crippen LogP contribution is -2.12. The maximum absolute atomic E-state index is 13.5. The van der Waals surface area contributed by atoms with Crippen LogP contribution in [0.1, 0.15) is 44.2 Å². The zero-order valence-electron chi connectivity index (χ0n) is 17.6. The van der Waals surface area contributed by atoms with E-state index in [1.54, 1.807) is 24.3 Å². The molecule has 0 aliphatic heterocycles. The van der Waals surface area contributed by atoms with Crippen molar-refractivity contribution in [1.29, 1.82) is 0 Å². The van der Waals surface area contributed by atoms with Crippen LogP contribution in [0.3, 0.4) is 0 Å². The third-order valence-corrected chi connectivity index (χ3v) is 4.85. The van der Waals surface area contributed by atoms with Gasteiger partial charge in [-0.05, 0) is 49.1 Å². The van der Waals surface area contributed by atoms with E-state index in [4.69, 9.17) is 4.74 Å². The molecule has 0 spiro atoms. The van der Waals surface area contributed by atoms with E-state index in [2.05, 4.69) is 34.4 Å². The Morgan fingerprint density at radius 2 is 1.74 bits per heavy atom. The summed E-state index contributed by atoms with van der Waals surface area (Å²) >= 11 is 0. The second-order valence-electron chi connectivity index (χ2n) is 7.10. The van der Waals surface area contributed by atoms with Crippen LogP contribution in [-0.4, -0.2) is 16.6 Å². The highest BCUT2D eigenvalue weighted by Crippen LogP contribution is 2.35. The van der Waals surface area contributed by atoms with Crippen LogP contribution in [0.25, 0.3) is 0 Å². The van der Waals surface area contributed by atoms with Crippen molar-refractivity contribution in [2.75, 3.05) is 17.2 Å². The minimum atomic E-state index is -4.60. The Morgan fingerprint density at radius 1 is 1.00 bits per heavy atom. The number of halogens is 3. The summed E-state index contributed by atoms with van der Waals surface area (Å²) in [6, 6.07) is 14.4. The van der Waals surface area contributed by atoms with Gasteiger partial charge < -0.3 is 15.4 Å². The Balaban J connectivity index is 1.87. The van der Waals surface area contributed by atoms with Crippen molar-refractivity contribution in [3.05, 3.63) is 65.9 Å². The first-order valence-electron chi connectivity index (χ1n) is 10.1. The summed E-state index contributed by atoms with van der Waals surface area (Å²) in [4.78, 5) is 7.94. The number of ether oxygens (including phenoxy) is 1. The van der Waals surface area contributed by atoms with Crippen LogP contribution in [0.4, 0.5) is 36.3 Å². The number of rotatable bonds is 8. The van der Waals surface area contributed by atoms with Crippen molar-refractivity contribution in [1.82, 2.24) is 9.97 Å². The summed E-state index contributed by atoms with van der Waals surface area (Å²) in [6.07, 6.45) is -2.80. The maximum atomic E-state index is 13.5. The number of hydrogen-bond donors (Lipinski definition) is 2. The number of anilines is 4. The quantitative estimate of drug-likeness (QED) is 0.407. The maximum Gasteiger partial charge on any atom is 0.421 e. The van der Waals surface area contributed by atoms with Gasteiger partial charge in [0.1, 0.15) is 17.1 Å². The third kappa shape index (κ3) is 5.87. The highest BCUT2D eigenvalue weighted by atomic mass is 19.4. The normalized spacial score (nSPS) is 12.3. The van der Waals surface area contributed by atoms with E-state index in [1.165, 1.54) is 5.56 Å². The van der Waals surface area contributed by atoms with E-state index in [9.17, 15) is 13.2 Å². The van der Waals surface area contributed by atoms with Crippen molar-refractivity contribution < 1.29 is 17.9 Å². The van der Waals surface area contributed by atoms with Gasteiger partial charge >= 0.3 is 6.18 Å². The van der Waals surface area contributed by atoms with Crippen LogP contribution in [0.2, 0.25) is 0 Å².